The summed E-state index contributed by atoms with van der Waals surface area (Å²) in [6.07, 6.45) is 7.90. The van der Waals surface area contributed by atoms with Crippen LogP contribution < -0.4 is 0 Å². The Kier molecular flexibility index (Phi) is 1.43. The van der Waals surface area contributed by atoms with Crippen LogP contribution in [0.5, 0.6) is 0 Å². The van der Waals surface area contributed by atoms with Crippen LogP contribution in [-0.4, -0.2) is 20.1 Å². The average Bonchev–Trinajstić information content (AvgIpc) is 2.78. The lowest BCUT2D eigenvalue weighted by Crippen LogP contribution is -2.32. The molecule has 14 heavy (non-hydrogen) atoms. The number of fused-ring (bicyclic) bond motifs is 2. The molecule has 2 aliphatic carbocycles. The van der Waals surface area contributed by atoms with Crippen LogP contribution in [0.2, 0.25) is 0 Å². The Labute approximate surface area is 82.2 Å². The third kappa shape index (κ3) is 0.865. The Hall–Kier alpha value is -1.16. The minimum Gasteiger partial charge on any atom is -0.383 e. The summed E-state index contributed by atoms with van der Waals surface area (Å²) in [5, 5.41) is 18.3. The summed E-state index contributed by atoms with van der Waals surface area (Å²) in [4.78, 5) is 0. The van der Waals surface area contributed by atoms with Gasteiger partial charge < -0.3 is 5.11 Å². The summed E-state index contributed by atoms with van der Waals surface area (Å²) >= 11 is 0. The highest BCUT2D eigenvalue weighted by atomic mass is 16.3. The summed E-state index contributed by atoms with van der Waals surface area (Å²) in [7, 11) is 1.83. The maximum Gasteiger partial charge on any atom is 0.115 e. The van der Waals surface area contributed by atoms with Gasteiger partial charge in [-0.1, -0.05) is 17.4 Å². The molecule has 0 radical (unpaired) electrons. The van der Waals surface area contributed by atoms with E-state index < -0.39 is 5.60 Å². The molecule has 74 valence electrons. The fourth-order valence-corrected chi connectivity index (χ4v) is 2.81. The molecule has 4 nitrogen and oxygen atoms in total. The van der Waals surface area contributed by atoms with Crippen LogP contribution >= 0.6 is 0 Å². The highest BCUT2D eigenvalue weighted by Gasteiger charge is 2.49. The molecular formula is C10H13N3O. The van der Waals surface area contributed by atoms with E-state index >= 15 is 0 Å². The van der Waals surface area contributed by atoms with E-state index in [0.717, 1.165) is 18.5 Å². The molecule has 1 heterocycles. The van der Waals surface area contributed by atoms with Crippen molar-refractivity contribution in [2.24, 2.45) is 18.9 Å². The van der Waals surface area contributed by atoms with Gasteiger partial charge in [-0.25, -0.2) is 4.68 Å². The quantitative estimate of drug-likeness (QED) is 0.661. The van der Waals surface area contributed by atoms with Gasteiger partial charge in [-0.2, -0.15) is 0 Å². The van der Waals surface area contributed by atoms with E-state index in [2.05, 4.69) is 22.5 Å². The molecule has 0 aliphatic heterocycles. The van der Waals surface area contributed by atoms with Gasteiger partial charge in [0.1, 0.15) is 5.60 Å². The zero-order valence-electron chi connectivity index (χ0n) is 8.09. The van der Waals surface area contributed by atoms with Crippen molar-refractivity contribution < 1.29 is 5.11 Å². The van der Waals surface area contributed by atoms with Gasteiger partial charge in [0, 0.05) is 13.0 Å². The standard InChI is InChI=1S/C10H13N3O/c1-13-9(6-11-12-13)10(14)5-7-2-3-8(10)4-7/h2-3,6-8,14H,4-5H2,1H3. The van der Waals surface area contributed by atoms with Crippen molar-refractivity contribution in [1.29, 1.82) is 0 Å². The molecule has 0 amide bonds. The van der Waals surface area contributed by atoms with Crippen LogP contribution in [0.15, 0.2) is 18.3 Å². The lowest BCUT2D eigenvalue weighted by molar-refractivity contribution is 0.00254. The van der Waals surface area contributed by atoms with Gasteiger partial charge in [0.25, 0.3) is 0 Å². The molecule has 4 heteroatoms. The number of aryl methyl sites for hydroxylation is 1. The number of nitrogens with zero attached hydrogens (tertiary/aromatic N) is 3. The van der Waals surface area contributed by atoms with E-state index in [1.165, 1.54) is 0 Å². The van der Waals surface area contributed by atoms with Crippen molar-refractivity contribution in [3.8, 4) is 0 Å². The van der Waals surface area contributed by atoms with E-state index in [0.29, 0.717) is 5.92 Å². The number of allylic oxidation sites excluding steroid dienone is 1. The van der Waals surface area contributed by atoms with E-state index in [9.17, 15) is 5.11 Å². The molecule has 0 aromatic carbocycles. The van der Waals surface area contributed by atoms with Crippen molar-refractivity contribution in [3.63, 3.8) is 0 Å². The normalized spacial score (nSPS) is 39.6. The van der Waals surface area contributed by atoms with Crippen molar-refractivity contribution in [1.82, 2.24) is 15.0 Å². The number of rotatable bonds is 1. The number of hydrogen-bond donors (Lipinski definition) is 1. The van der Waals surface area contributed by atoms with Crippen LogP contribution in [0.25, 0.3) is 0 Å². The summed E-state index contributed by atoms with van der Waals surface area (Å²) < 4.78 is 1.68. The van der Waals surface area contributed by atoms with Crippen LogP contribution in [0.4, 0.5) is 0 Å². The highest BCUT2D eigenvalue weighted by Crippen LogP contribution is 2.51. The molecule has 2 bridgehead atoms. The second kappa shape index (κ2) is 2.45. The molecule has 3 unspecified atom stereocenters. The molecule has 3 rings (SSSR count). The predicted molar refractivity (Wildman–Crippen MR) is 50.3 cm³/mol. The smallest absolute Gasteiger partial charge is 0.115 e. The number of hydrogen-bond acceptors (Lipinski definition) is 3. The third-order valence-corrected chi connectivity index (χ3v) is 3.52. The first-order valence-electron chi connectivity index (χ1n) is 4.96. The first-order chi connectivity index (χ1) is 6.70. The van der Waals surface area contributed by atoms with Gasteiger partial charge in [0.15, 0.2) is 0 Å². The third-order valence-electron chi connectivity index (χ3n) is 3.52. The molecule has 2 aliphatic rings. The van der Waals surface area contributed by atoms with Gasteiger partial charge >= 0.3 is 0 Å². The summed E-state index contributed by atoms with van der Waals surface area (Å²) in [5.41, 5.74) is 0.117. The molecule has 3 atom stereocenters. The Bertz CT molecular complexity index is 398. The first kappa shape index (κ1) is 8.17. The minimum atomic E-state index is -0.725. The molecule has 1 fully saturated rings. The van der Waals surface area contributed by atoms with Crippen LogP contribution in [-0.2, 0) is 12.6 Å². The van der Waals surface area contributed by atoms with E-state index in [-0.39, 0.29) is 5.92 Å². The van der Waals surface area contributed by atoms with Crippen LogP contribution in [0.1, 0.15) is 18.5 Å². The molecule has 0 saturated heterocycles. The zero-order valence-corrected chi connectivity index (χ0v) is 8.09. The molecule has 1 aromatic rings. The Morgan fingerprint density at radius 2 is 2.43 bits per heavy atom. The van der Waals surface area contributed by atoms with E-state index in [1.54, 1.807) is 10.9 Å². The van der Waals surface area contributed by atoms with Crippen molar-refractivity contribution in [3.05, 3.63) is 24.0 Å². The maximum atomic E-state index is 10.6. The Morgan fingerprint density at radius 3 is 2.93 bits per heavy atom. The zero-order chi connectivity index (χ0) is 9.76. The van der Waals surface area contributed by atoms with Crippen LogP contribution in [0.3, 0.4) is 0 Å². The van der Waals surface area contributed by atoms with Gasteiger partial charge in [0.05, 0.1) is 11.9 Å². The van der Waals surface area contributed by atoms with Gasteiger partial charge in [-0.3, -0.25) is 0 Å². The van der Waals surface area contributed by atoms with Gasteiger partial charge in [-0.05, 0) is 18.8 Å². The monoisotopic (exact) mass is 191 g/mol. The number of aliphatic hydroxyl groups is 1. The summed E-state index contributed by atoms with van der Waals surface area (Å²) in [6, 6.07) is 0. The molecule has 1 saturated carbocycles. The minimum absolute atomic E-state index is 0.254. The predicted octanol–water partition coefficient (Wildman–Crippen LogP) is 0.599. The maximum absolute atomic E-state index is 10.6. The Morgan fingerprint density at radius 1 is 1.57 bits per heavy atom. The lowest BCUT2D eigenvalue weighted by atomic mass is 9.85. The molecule has 1 N–H and O–H groups in total. The SMILES string of the molecule is Cn1nncc1C1(O)CC2C=CC1C2. The Balaban J connectivity index is 2.06. The highest BCUT2D eigenvalue weighted by molar-refractivity contribution is 5.24. The first-order valence-corrected chi connectivity index (χ1v) is 4.96. The second-order valence-corrected chi connectivity index (χ2v) is 4.36. The van der Waals surface area contributed by atoms with Crippen molar-refractivity contribution in [2.45, 2.75) is 18.4 Å². The second-order valence-electron chi connectivity index (χ2n) is 4.36. The lowest BCUT2D eigenvalue weighted by Gasteiger charge is -2.29. The summed E-state index contributed by atoms with van der Waals surface area (Å²) in [5.74, 6) is 0.796. The molecule has 0 spiro atoms. The topological polar surface area (TPSA) is 50.9 Å². The van der Waals surface area contributed by atoms with Gasteiger partial charge in [-0.15, -0.1) is 5.10 Å². The fraction of sp³-hybridized carbons (Fsp3) is 0.600. The fourth-order valence-electron chi connectivity index (χ4n) is 2.81. The molecule has 1 aromatic heterocycles. The van der Waals surface area contributed by atoms with E-state index in [4.69, 9.17) is 0 Å². The summed E-state index contributed by atoms with van der Waals surface area (Å²) in [6.45, 7) is 0. The van der Waals surface area contributed by atoms with Crippen LogP contribution in [0, 0.1) is 11.8 Å². The van der Waals surface area contributed by atoms with Crippen molar-refractivity contribution >= 4 is 0 Å². The van der Waals surface area contributed by atoms with E-state index in [1.807, 2.05) is 7.05 Å². The largest absolute Gasteiger partial charge is 0.383 e. The average molecular weight is 191 g/mol. The number of aromatic nitrogens is 3. The van der Waals surface area contributed by atoms with Crippen molar-refractivity contribution in [2.75, 3.05) is 0 Å². The molecular weight excluding hydrogens is 178 g/mol. The van der Waals surface area contributed by atoms with Gasteiger partial charge in [0.2, 0.25) is 0 Å².